The second kappa shape index (κ2) is 7.86. The van der Waals surface area contributed by atoms with Crippen LogP contribution in [0.5, 0.6) is 0 Å². The molecule has 1 aliphatic rings. The van der Waals surface area contributed by atoms with E-state index in [0.717, 1.165) is 66.3 Å². The van der Waals surface area contributed by atoms with Crippen molar-refractivity contribution < 1.29 is 13.7 Å². The van der Waals surface area contributed by atoms with Gasteiger partial charge in [-0.15, -0.1) is 10.2 Å². The highest BCUT2D eigenvalue weighted by Gasteiger charge is 2.22. The van der Waals surface area contributed by atoms with Gasteiger partial charge in [0.05, 0.1) is 34.9 Å². The molecule has 0 saturated carbocycles. The first kappa shape index (κ1) is 18.7. The maximum absolute atomic E-state index is 5.96. The topological polar surface area (TPSA) is 117 Å². The predicted molar refractivity (Wildman–Crippen MR) is 108 cm³/mol. The molecule has 1 fully saturated rings. The number of nitrogens with one attached hydrogen (secondary N) is 1. The molecule has 0 atom stereocenters. The van der Waals surface area contributed by atoms with Gasteiger partial charge in [-0.05, 0) is 26.7 Å². The van der Waals surface area contributed by atoms with Crippen LogP contribution < -0.4 is 5.32 Å². The molecule has 10 heteroatoms. The summed E-state index contributed by atoms with van der Waals surface area (Å²) in [5.74, 6) is 1.63. The summed E-state index contributed by atoms with van der Waals surface area (Å²) in [5.41, 5.74) is 3.26. The second-order valence-electron chi connectivity index (χ2n) is 7.38. The third-order valence-electron chi connectivity index (χ3n) is 5.24. The standard InChI is InChI=1S/C20H23N7O3/c1-3-27-19-15(11-22-27)18(23-13-4-6-28-7-5-13)16(10-21-19)20-25-24-17(29-20)9-14-8-12(2)30-26-14/h8,10-11,13H,3-7,9H2,1-2H3,(H,21,23). The molecular weight excluding hydrogens is 386 g/mol. The lowest BCUT2D eigenvalue weighted by Gasteiger charge is -2.25. The molecule has 0 amide bonds. The van der Waals surface area contributed by atoms with Crippen LogP contribution in [0, 0.1) is 6.92 Å². The summed E-state index contributed by atoms with van der Waals surface area (Å²) in [7, 11) is 0. The largest absolute Gasteiger partial charge is 0.420 e. The molecule has 0 unspecified atom stereocenters. The second-order valence-corrected chi connectivity index (χ2v) is 7.38. The van der Waals surface area contributed by atoms with E-state index in [2.05, 4.69) is 30.8 Å². The lowest BCUT2D eigenvalue weighted by atomic mass is 10.1. The van der Waals surface area contributed by atoms with Crippen molar-refractivity contribution in [2.75, 3.05) is 18.5 Å². The van der Waals surface area contributed by atoms with E-state index in [-0.39, 0.29) is 0 Å². The summed E-state index contributed by atoms with van der Waals surface area (Å²) < 4.78 is 18.4. The van der Waals surface area contributed by atoms with Crippen LogP contribution in [0.4, 0.5) is 5.69 Å². The first-order valence-electron chi connectivity index (χ1n) is 10.1. The molecule has 0 spiro atoms. The van der Waals surface area contributed by atoms with E-state index in [9.17, 15) is 0 Å². The zero-order valence-electron chi connectivity index (χ0n) is 17.0. The van der Waals surface area contributed by atoms with Gasteiger partial charge in [-0.3, -0.25) is 0 Å². The fourth-order valence-electron chi connectivity index (χ4n) is 3.71. The summed E-state index contributed by atoms with van der Waals surface area (Å²) >= 11 is 0. The Labute approximate surface area is 172 Å². The number of rotatable bonds is 6. The first-order chi connectivity index (χ1) is 14.7. The number of fused-ring (bicyclic) bond motifs is 1. The number of hydrogen-bond donors (Lipinski definition) is 1. The van der Waals surface area contributed by atoms with Gasteiger partial charge < -0.3 is 19.0 Å². The summed E-state index contributed by atoms with van der Waals surface area (Å²) in [4.78, 5) is 4.62. The zero-order chi connectivity index (χ0) is 20.5. The molecule has 5 heterocycles. The number of pyridine rings is 1. The lowest BCUT2D eigenvalue weighted by Crippen LogP contribution is -2.28. The third kappa shape index (κ3) is 3.54. The molecule has 10 nitrogen and oxygen atoms in total. The molecule has 1 saturated heterocycles. The summed E-state index contributed by atoms with van der Waals surface area (Å²) in [6.45, 7) is 6.13. The Kier molecular flexibility index (Phi) is 4.91. The van der Waals surface area contributed by atoms with Crippen molar-refractivity contribution in [3.05, 3.63) is 35.8 Å². The van der Waals surface area contributed by atoms with Crippen molar-refractivity contribution in [2.45, 2.75) is 45.7 Å². The van der Waals surface area contributed by atoms with E-state index in [1.54, 1.807) is 6.20 Å². The smallest absolute Gasteiger partial charge is 0.251 e. The van der Waals surface area contributed by atoms with Crippen LogP contribution in [-0.2, 0) is 17.7 Å². The Balaban J connectivity index is 1.52. The molecule has 4 aromatic rings. The van der Waals surface area contributed by atoms with Crippen LogP contribution in [0.15, 0.2) is 27.4 Å². The Morgan fingerprint density at radius 1 is 1.20 bits per heavy atom. The lowest BCUT2D eigenvalue weighted by molar-refractivity contribution is 0.0905. The number of nitrogens with zero attached hydrogens (tertiary/aromatic N) is 6. The van der Waals surface area contributed by atoms with Gasteiger partial charge in [-0.1, -0.05) is 5.16 Å². The highest BCUT2D eigenvalue weighted by molar-refractivity contribution is 5.96. The quantitative estimate of drug-likeness (QED) is 0.513. The molecule has 156 valence electrons. The Morgan fingerprint density at radius 2 is 2.07 bits per heavy atom. The summed E-state index contributed by atoms with van der Waals surface area (Å²) in [6.07, 6.45) is 5.90. The third-order valence-corrected chi connectivity index (χ3v) is 5.24. The van der Waals surface area contributed by atoms with Gasteiger partial charge in [-0.25, -0.2) is 9.67 Å². The van der Waals surface area contributed by atoms with Crippen LogP contribution in [0.1, 0.15) is 37.1 Å². The summed E-state index contributed by atoms with van der Waals surface area (Å²) in [6, 6.07) is 2.16. The zero-order valence-corrected chi connectivity index (χ0v) is 17.0. The van der Waals surface area contributed by atoms with Crippen LogP contribution in [0.2, 0.25) is 0 Å². The van der Waals surface area contributed by atoms with Crippen LogP contribution >= 0.6 is 0 Å². The monoisotopic (exact) mass is 409 g/mol. The van der Waals surface area contributed by atoms with Crippen molar-refractivity contribution in [2.24, 2.45) is 0 Å². The van der Waals surface area contributed by atoms with E-state index in [1.807, 2.05) is 30.8 Å². The number of anilines is 1. The predicted octanol–water partition coefficient (Wildman–Crippen LogP) is 2.98. The number of aromatic nitrogens is 6. The number of aryl methyl sites for hydroxylation is 2. The van der Waals surface area contributed by atoms with Crippen molar-refractivity contribution in [1.82, 2.24) is 30.1 Å². The molecule has 1 N–H and O–H groups in total. The minimum absolute atomic E-state index is 0.300. The van der Waals surface area contributed by atoms with E-state index >= 15 is 0 Å². The minimum Gasteiger partial charge on any atom is -0.420 e. The molecule has 0 aliphatic carbocycles. The van der Waals surface area contributed by atoms with Crippen LogP contribution in [0.3, 0.4) is 0 Å². The Hall–Kier alpha value is -3.27. The molecule has 0 aromatic carbocycles. The average Bonchev–Trinajstić information content (AvgIpc) is 3.49. The van der Waals surface area contributed by atoms with Gasteiger partial charge >= 0.3 is 0 Å². The van der Waals surface area contributed by atoms with E-state index < -0.39 is 0 Å². The van der Waals surface area contributed by atoms with Gasteiger partial charge in [0, 0.05) is 38.1 Å². The van der Waals surface area contributed by atoms with Crippen molar-refractivity contribution in [1.29, 1.82) is 0 Å². The van der Waals surface area contributed by atoms with Gasteiger partial charge in [0.15, 0.2) is 5.65 Å². The minimum atomic E-state index is 0.300. The molecule has 1 aliphatic heterocycles. The summed E-state index contributed by atoms with van der Waals surface area (Å²) in [5, 5.41) is 21.5. The molecule has 0 bridgehead atoms. The van der Waals surface area contributed by atoms with Crippen molar-refractivity contribution in [3.63, 3.8) is 0 Å². The van der Waals surface area contributed by atoms with E-state index in [0.29, 0.717) is 24.2 Å². The molecule has 0 radical (unpaired) electrons. The molecular formula is C20H23N7O3. The maximum Gasteiger partial charge on any atom is 0.251 e. The fraction of sp³-hybridized carbons (Fsp3) is 0.450. The maximum atomic E-state index is 5.96. The molecule has 5 rings (SSSR count). The highest BCUT2D eigenvalue weighted by Crippen LogP contribution is 2.34. The van der Waals surface area contributed by atoms with Gasteiger partial charge in [0.2, 0.25) is 5.89 Å². The van der Waals surface area contributed by atoms with Crippen molar-refractivity contribution in [3.8, 4) is 11.5 Å². The SMILES string of the molecule is CCn1ncc2c(NC3CCOCC3)c(-c3nnc(Cc4cc(C)on4)o3)cnc21. The molecule has 4 aromatic heterocycles. The van der Waals surface area contributed by atoms with Gasteiger partial charge in [0.1, 0.15) is 5.76 Å². The average molecular weight is 409 g/mol. The normalized spacial score (nSPS) is 15.1. The highest BCUT2D eigenvalue weighted by atomic mass is 16.5. The van der Waals surface area contributed by atoms with Crippen LogP contribution in [0.25, 0.3) is 22.5 Å². The van der Waals surface area contributed by atoms with E-state index in [1.165, 1.54) is 0 Å². The fourth-order valence-corrected chi connectivity index (χ4v) is 3.71. The van der Waals surface area contributed by atoms with Crippen molar-refractivity contribution >= 4 is 16.7 Å². The van der Waals surface area contributed by atoms with E-state index in [4.69, 9.17) is 13.7 Å². The number of ether oxygens (including phenoxy) is 1. The van der Waals surface area contributed by atoms with Gasteiger partial charge in [-0.2, -0.15) is 5.10 Å². The Morgan fingerprint density at radius 3 is 2.83 bits per heavy atom. The number of hydrogen-bond acceptors (Lipinski definition) is 9. The van der Waals surface area contributed by atoms with Gasteiger partial charge in [0.25, 0.3) is 5.89 Å². The Bertz CT molecular complexity index is 1160. The first-order valence-corrected chi connectivity index (χ1v) is 10.1. The molecule has 30 heavy (non-hydrogen) atoms. The van der Waals surface area contributed by atoms with Crippen LogP contribution in [-0.4, -0.2) is 49.4 Å².